The summed E-state index contributed by atoms with van der Waals surface area (Å²) in [4.78, 5) is 35.9. The molecule has 0 aliphatic carbocycles. The van der Waals surface area contributed by atoms with Gasteiger partial charge in [-0.15, -0.1) is 0 Å². The molecular weight excluding hydrogens is 372 g/mol. The number of hydrogen-bond acceptors (Lipinski definition) is 5. The molecule has 0 bridgehead atoms. The minimum Gasteiger partial charge on any atom is -0.351 e. The summed E-state index contributed by atoms with van der Waals surface area (Å²) in [6, 6.07) is 16.9. The topological polar surface area (TPSA) is 74.1 Å². The Bertz CT molecular complexity index is 987. The van der Waals surface area contributed by atoms with E-state index in [9.17, 15) is 9.59 Å². The maximum absolute atomic E-state index is 12.6. The lowest BCUT2D eigenvalue weighted by Crippen LogP contribution is -2.42. The Morgan fingerprint density at radius 1 is 1.18 bits per heavy atom. The smallest absolute Gasteiger partial charge is 0.258 e. The largest absolute Gasteiger partial charge is 0.351 e. The predicted molar refractivity (Wildman–Crippen MR) is 112 cm³/mol. The standard InChI is InChI=1S/C21H20N4O2S/c1-13-20(27)25-18(23-13)16-10-6-7-11-17(16)24-21(25)28-14(2)19(26)22-12-15-8-4-3-5-9-15/h3-11,13-14H,12H2,1-2H3,(H,22,26)/t13-,14-/m1/s1. The lowest BCUT2D eigenvalue weighted by Gasteiger charge is -2.26. The molecule has 142 valence electrons. The van der Waals surface area contributed by atoms with Gasteiger partial charge in [0.15, 0.2) is 5.17 Å². The molecule has 2 atom stereocenters. The SMILES string of the molecule is C[C@H]1N=C2c3ccccc3N=C(S[C@H](C)C(=O)NCc3ccccc3)N2C1=O. The van der Waals surface area contributed by atoms with E-state index in [0.717, 1.165) is 16.8 Å². The van der Waals surface area contributed by atoms with E-state index in [-0.39, 0.29) is 11.8 Å². The van der Waals surface area contributed by atoms with Crippen LogP contribution in [0.15, 0.2) is 64.6 Å². The summed E-state index contributed by atoms with van der Waals surface area (Å²) in [5.41, 5.74) is 2.64. The van der Waals surface area contributed by atoms with Crippen LogP contribution in [0.5, 0.6) is 0 Å². The van der Waals surface area contributed by atoms with Crippen molar-refractivity contribution >= 4 is 40.3 Å². The Morgan fingerprint density at radius 3 is 2.68 bits per heavy atom. The molecule has 2 heterocycles. The molecule has 0 unspecified atom stereocenters. The van der Waals surface area contributed by atoms with Crippen LogP contribution in [0.25, 0.3) is 0 Å². The van der Waals surface area contributed by atoms with E-state index in [2.05, 4.69) is 15.3 Å². The molecular formula is C21H20N4O2S. The van der Waals surface area contributed by atoms with Gasteiger partial charge >= 0.3 is 0 Å². The molecule has 2 amide bonds. The molecule has 0 saturated heterocycles. The zero-order valence-corrected chi connectivity index (χ0v) is 16.4. The molecule has 0 saturated carbocycles. The normalized spacial score (nSPS) is 18.7. The highest BCUT2D eigenvalue weighted by atomic mass is 32.2. The van der Waals surface area contributed by atoms with Crippen molar-refractivity contribution in [3.8, 4) is 0 Å². The first-order valence-corrected chi connectivity index (χ1v) is 10.0. The number of nitrogens with zero attached hydrogens (tertiary/aromatic N) is 3. The van der Waals surface area contributed by atoms with Gasteiger partial charge < -0.3 is 5.32 Å². The van der Waals surface area contributed by atoms with Gasteiger partial charge in [-0.3, -0.25) is 14.6 Å². The fourth-order valence-electron chi connectivity index (χ4n) is 3.10. The molecule has 4 rings (SSSR count). The summed E-state index contributed by atoms with van der Waals surface area (Å²) in [6.07, 6.45) is 0. The molecule has 28 heavy (non-hydrogen) atoms. The van der Waals surface area contributed by atoms with Crippen LogP contribution in [-0.4, -0.2) is 39.0 Å². The predicted octanol–water partition coefficient (Wildman–Crippen LogP) is 3.10. The number of para-hydroxylation sites is 1. The molecule has 0 aromatic heterocycles. The Labute approximate surface area is 167 Å². The monoisotopic (exact) mass is 392 g/mol. The van der Waals surface area contributed by atoms with Gasteiger partial charge in [0.05, 0.1) is 10.9 Å². The van der Waals surface area contributed by atoms with Crippen molar-refractivity contribution in [3.05, 3.63) is 65.7 Å². The highest BCUT2D eigenvalue weighted by Gasteiger charge is 2.40. The highest BCUT2D eigenvalue weighted by molar-refractivity contribution is 8.15. The van der Waals surface area contributed by atoms with E-state index in [1.54, 1.807) is 11.8 Å². The van der Waals surface area contributed by atoms with Crippen molar-refractivity contribution in [2.24, 2.45) is 9.98 Å². The average Bonchev–Trinajstić information content (AvgIpc) is 3.02. The zero-order valence-electron chi connectivity index (χ0n) is 15.6. The fraction of sp³-hybridized carbons (Fsp3) is 0.238. The van der Waals surface area contributed by atoms with E-state index < -0.39 is 11.3 Å². The molecule has 2 aliphatic heterocycles. The third kappa shape index (κ3) is 3.45. The minimum atomic E-state index is -0.450. The Balaban J connectivity index is 1.52. The van der Waals surface area contributed by atoms with E-state index in [0.29, 0.717) is 17.5 Å². The molecule has 0 radical (unpaired) electrons. The molecule has 2 aromatic carbocycles. The van der Waals surface area contributed by atoms with Crippen molar-refractivity contribution < 1.29 is 9.59 Å². The van der Waals surface area contributed by atoms with Crippen molar-refractivity contribution in [2.45, 2.75) is 31.7 Å². The average molecular weight is 392 g/mol. The van der Waals surface area contributed by atoms with Crippen molar-refractivity contribution in [2.75, 3.05) is 0 Å². The summed E-state index contributed by atoms with van der Waals surface area (Å²) in [6.45, 7) is 4.05. The number of amidine groups is 2. The zero-order chi connectivity index (χ0) is 19.7. The number of fused-ring (bicyclic) bond motifs is 3. The lowest BCUT2D eigenvalue weighted by molar-refractivity contribution is -0.124. The molecule has 7 heteroatoms. The molecule has 6 nitrogen and oxygen atoms in total. The van der Waals surface area contributed by atoms with Crippen molar-refractivity contribution in [3.63, 3.8) is 0 Å². The van der Waals surface area contributed by atoms with Crippen LogP contribution in [-0.2, 0) is 16.1 Å². The quantitative estimate of drug-likeness (QED) is 0.869. The number of hydrogen-bond donors (Lipinski definition) is 1. The number of benzene rings is 2. The van der Waals surface area contributed by atoms with Crippen LogP contribution in [0, 0.1) is 0 Å². The first-order chi connectivity index (χ1) is 13.5. The van der Waals surface area contributed by atoms with Gasteiger partial charge in [-0.25, -0.2) is 9.89 Å². The summed E-state index contributed by atoms with van der Waals surface area (Å²) >= 11 is 1.27. The lowest BCUT2D eigenvalue weighted by atomic mass is 10.1. The Kier molecular flexibility index (Phi) is 5.00. The number of thioether (sulfide) groups is 1. The van der Waals surface area contributed by atoms with E-state index >= 15 is 0 Å². The van der Waals surface area contributed by atoms with Crippen molar-refractivity contribution in [1.82, 2.24) is 10.2 Å². The van der Waals surface area contributed by atoms with Gasteiger partial charge in [0.2, 0.25) is 5.91 Å². The van der Waals surface area contributed by atoms with Gasteiger partial charge in [0.1, 0.15) is 11.9 Å². The summed E-state index contributed by atoms with van der Waals surface area (Å²) in [5.74, 6) is 0.392. The number of carbonyl (C=O) groups is 2. The Hall–Kier alpha value is -2.93. The first-order valence-electron chi connectivity index (χ1n) is 9.13. The number of carbonyl (C=O) groups excluding carboxylic acids is 2. The fourth-order valence-corrected chi connectivity index (χ4v) is 4.03. The number of amides is 2. The molecule has 2 aromatic rings. The van der Waals surface area contributed by atoms with Crippen LogP contribution in [0.1, 0.15) is 25.0 Å². The summed E-state index contributed by atoms with van der Waals surface area (Å²) in [5, 5.41) is 3.03. The van der Waals surface area contributed by atoms with Gasteiger partial charge in [-0.2, -0.15) is 0 Å². The van der Waals surface area contributed by atoms with Crippen LogP contribution < -0.4 is 5.32 Å². The van der Waals surface area contributed by atoms with E-state index in [1.165, 1.54) is 11.8 Å². The molecule has 0 spiro atoms. The second kappa shape index (κ2) is 7.59. The second-order valence-corrected chi connectivity index (χ2v) is 7.99. The van der Waals surface area contributed by atoms with E-state index in [1.807, 2.05) is 61.5 Å². The van der Waals surface area contributed by atoms with Gasteiger partial charge in [-0.05, 0) is 31.5 Å². The third-order valence-corrected chi connectivity index (χ3v) is 5.67. The maximum atomic E-state index is 12.6. The summed E-state index contributed by atoms with van der Waals surface area (Å²) in [7, 11) is 0. The van der Waals surface area contributed by atoms with Crippen LogP contribution in [0.4, 0.5) is 5.69 Å². The minimum absolute atomic E-state index is 0.103. The molecule has 2 aliphatic rings. The van der Waals surface area contributed by atoms with Crippen molar-refractivity contribution in [1.29, 1.82) is 0 Å². The van der Waals surface area contributed by atoms with Gasteiger partial charge in [0.25, 0.3) is 5.91 Å². The maximum Gasteiger partial charge on any atom is 0.258 e. The van der Waals surface area contributed by atoms with Gasteiger partial charge in [0, 0.05) is 12.1 Å². The van der Waals surface area contributed by atoms with Crippen LogP contribution >= 0.6 is 11.8 Å². The first kappa shape index (κ1) is 18.4. The molecule has 0 fully saturated rings. The number of aliphatic imine (C=N–C) groups is 2. The highest BCUT2D eigenvalue weighted by Crippen LogP contribution is 2.34. The van der Waals surface area contributed by atoms with Gasteiger partial charge in [-0.1, -0.05) is 54.2 Å². The summed E-state index contributed by atoms with van der Waals surface area (Å²) < 4.78 is 0. The number of rotatable bonds is 4. The third-order valence-electron chi connectivity index (χ3n) is 4.62. The molecule has 1 N–H and O–H groups in total. The Morgan fingerprint density at radius 2 is 1.89 bits per heavy atom. The van der Waals surface area contributed by atoms with Crippen LogP contribution in [0.2, 0.25) is 0 Å². The second-order valence-electron chi connectivity index (χ2n) is 6.68. The van der Waals surface area contributed by atoms with Crippen LogP contribution in [0.3, 0.4) is 0 Å². The van der Waals surface area contributed by atoms with E-state index in [4.69, 9.17) is 0 Å². The number of nitrogens with one attached hydrogen (secondary N) is 1.